The van der Waals surface area contributed by atoms with E-state index < -0.39 is 27.4 Å². The van der Waals surface area contributed by atoms with Crippen LogP contribution in [0.5, 0.6) is 5.75 Å². The van der Waals surface area contributed by atoms with Crippen LogP contribution in [0, 0.1) is 0 Å². The van der Waals surface area contributed by atoms with Gasteiger partial charge in [0.05, 0.1) is 23.8 Å². The fourth-order valence-corrected chi connectivity index (χ4v) is 4.02. The van der Waals surface area contributed by atoms with E-state index in [1.54, 1.807) is 0 Å². The molecule has 9 heteroatoms. The summed E-state index contributed by atoms with van der Waals surface area (Å²) in [6, 6.07) is 2.85. The summed E-state index contributed by atoms with van der Waals surface area (Å²) >= 11 is 0. The average Bonchev–Trinajstić information content (AvgIpc) is 2.45. The highest BCUT2D eigenvalue weighted by Crippen LogP contribution is 2.42. The van der Waals surface area contributed by atoms with E-state index in [9.17, 15) is 26.4 Å². The Hall–Kier alpha value is -1.61. The second-order valence-corrected chi connectivity index (χ2v) is 8.24. The van der Waals surface area contributed by atoms with E-state index >= 15 is 0 Å². The first kappa shape index (κ1) is 17.2. The predicted molar refractivity (Wildman–Crippen MR) is 79.4 cm³/mol. The van der Waals surface area contributed by atoms with Gasteiger partial charge in [0.25, 0.3) is 0 Å². The van der Waals surface area contributed by atoms with Crippen molar-refractivity contribution in [1.29, 1.82) is 0 Å². The average molecular weight is 363 g/mol. The largest absolute Gasteiger partial charge is 0.486 e. The Labute approximate surface area is 137 Å². The molecule has 0 saturated carbocycles. The smallest absolute Gasteiger partial charge is 0.416 e. The number of fused-ring (bicyclic) bond motifs is 1. The summed E-state index contributed by atoms with van der Waals surface area (Å²) in [6.07, 6.45) is -2.85. The van der Waals surface area contributed by atoms with E-state index in [0.29, 0.717) is 0 Å². The summed E-state index contributed by atoms with van der Waals surface area (Å²) in [5, 5.41) is 0. The molecule has 5 nitrogen and oxygen atoms in total. The number of rotatable bonds is 1. The van der Waals surface area contributed by atoms with Gasteiger partial charge in [-0.05, 0) is 18.2 Å². The lowest BCUT2D eigenvalue weighted by atomic mass is 9.83. The third-order valence-corrected chi connectivity index (χ3v) is 5.82. The maximum absolute atomic E-state index is 12.9. The van der Waals surface area contributed by atoms with Gasteiger partial charge in [0, 0.05) is 25.9 Å². The van der Waals surface area contributed by atoms with Crippen LogP contribution in [0.4, 0.5) is 13.2 Å². The molecule has 132 valence electrons. The number of benzene rings is 1. The maximum Gasteiger partial charge on any atom is 0.416 e. The molecular formula is C15H16F3NO4S. The molecule has 2 heterocycles. The predicted octanol–water partition coefficient (Wildman–Crippen LogP) is 2.46. The highest BCUT2D eigenvalue weighted by atomic mass is 32.2. The molecular weight excluding hydrogens is 347 g/mol. The molecule has 24 heavy (non-hydrogen) atoms. The van der Waals surface area contributed by atoms with Gasteiger partial charge in [0.15, 0.2) is 5.78 Å². The maximum atomic E-state index is 12.9. The van der Waals surface area contributed by atoms with Crippen molar-refractivity contribution in [3.05, 3.63) is 29.3 Å². The third kappa shape index (κ3) is 3.14. The number of sulfonamides is 1. The van der Waals surface area contributed by atoms with Crippen molar-refractivity contribution in [3.63, 3.8) is 0 Å². The van der Waals surface area contributed by atoms with E-state index in [1.165, 1.54) is 4.31 Å². The molecule has 1 aromatic rings. The highest BCUT2D eigenvalue weighted by molar-refractivity contribution is 7.88. The summed E-state index contributed by atoms with van der Waals surface area (Å²) in [5.74, 6) is -0.355. The second-order valence-electron chi connectivity index (χ2n) is 6.26. The van der Waals surface area contributed by atoms with Gasteiger partial charge in [-0.3, -0.25) is 4.79 Å². The van der Waals surface area contributed by atoms with Gasteiger partial charge in [0.1, 0.15) is 11.4 Å². The molecule has 2 aliphatic rings. The number of carbonyl (C=O) groups excluding carboxylic acids is 1. The number of Topliss-reactive ketones (excluding diaryl/α,β-unsaturated/α-hetero) is 1. The molecule has 0 amide bonds. The van der Waals surface area contributed by atoms with Crippen LogP contribution in [-0.4, -0.2) is 43.5 Å². The summed E-state index contributed by atoms with van der Waals surface area (Å²) < 4.78 is 68.8. The first-order chi connectivity index (χ1) is 11.0. The lowest BCUT2D eigenvalue weighted by Crippen LogP contribution is -2.52. The van der Waals surface area contributed by atoms with Crippen molar-refractivity contribution in [1.82, 2.24) is 4.31 Å². The zero-order valence-corrected chi connectivity index (χ0v) is 13.7. The fourth-order valence-electron chi connectivity index (χ4n) is 3.17. The number of ketones is 1. The summed E-state index contributed by atoms with van der Waals surface area (Å²) in [7, 11) is -3.34. The van der Waals surface area contributed by atoms with Crippen molar-refractivity contribution in [2.24, 2.45) is 0 Å². The Balaban J connectivity index is 1.88. The lowest BCUT2D eigenvalue weighted by molar-refractivity contribution is -0.137. The number of halogens is 3. The molecule has 2 aliphatic heterocycles. The Morgan fingerprint density at radius 2 is 1.83 bits per heavy atom. The van der Waals surface area contributed by atoms with Gasteiger partial charge in [-0.15, -0.1) is 0 Å². The Morgan fingerprint density at radius 1 is 1.21 bits per heavy atom. The Kier molecular flexibility index (Phi) is 3.91. The summed E-state index contributed by atoms with van der Waals surface area (Å²) in [4.78, 5) is 12.3. The Morgan fingerprint density at radius 3 is 2.38 bits per heavy atom. The zero-order valence-electron chi connectivity index (χ0n) is 12.9. The van der Waals surface area contributed by atoms with Crippen molar-refractivity contribution in [2.75, 3.05) is 19.3 Å². The number of ether oxygens (including phenoxy) is 1. The van der Waals surface area contributed by atoms with Crippen molar-refractivity contribution in [2.45, 2.75) is 31.0 Å². The standard InChI is InChI=1S/C15H16F3NO4S/c1-24(21,22)19-6-4-14(5-7-19)9-12(20)11-3-2-10(15(16,17)18)8-13(11)23-14/h2-3,8H,4-7,9H2,1H3. The van der Waals surface area contributed by atoms with Crippen LogP contribution in [0.2, 0.25) is 0 Å². The van der Waals surface area contributed by atoms with Gasteiger partial charge in [-0.2, -0.15) is 13.2 Å². The monoisotopic (exact) mass is 363 g/mol. The highest BCUT2D eigenvalue weighted by Gasteiger charge is 2.45. The number of alkyl halides is 3. The number of piperidine rings is 1. The number of carbonyl (C=O) groups is 1. The number of hydrogen-bond acceptors (Lipinski definition) is 4. The van der Waals surface area contributed by atoms with E-state index in [-0.39, 0.29) is 49.4 Å². The van der Waals surface area contributed by atoms with Crippen molar-refractivity contribution < 1.29 is 31.1 Å². The third-order valence-electron chi connectivity index (χ3n) is 4.52. The van der Waals surface area contributed by atoms with E-state index in [4.69, 9.17) is 4.74 Å². The molecule has 0 unspecified atom stereocenters. The molecule has 1 fully saturated rings. The van der Waals surface area contributed by atoms with Crippen molar-refractivity contribution in [3.8, 4) is 5.75 Å². The quantitative estimate of drug-likeness (QED) is 0.769. The molecule has 1 saturated heterocycles. The first-order valence-corrected chi connectivity index (χ1v) is 9.24. The second kappa shape index (κ2) is 5.45. The number of hydrogen-bond donors (Lipinski definition) is 0. The molecule has 0 radical (unpaired) electrons. The molecule has 1 spiro atoms. The molecule has 0 atom stereocenters. The minimum atomic E-state index is -4.52. The Bertz CT molecular complexity index is 780. The molecule has 0 bridgehead atoms. The fraction of sp³-hybridized carbons (Fsp3) is 0.533. The van der Waals surface area contributed by atoms with Gasteiger partial charge < -0.3 is 4.74 Å². The van der Waals surface area contributed by atoms with Gasteiger partial charge in [-0.25, -0.2) is 12.7 Å². The van der Waals surface area contributed by atoms with Crippen LogP contribution in [0.1, 0.15) is 35.2 Å². The minimum Gasteiger partial charge on any atom is -0.486 e. The summed E-state index contributed by atoms with van der Waals surface area (Å²) in [6.45, 7) is 0.362. The molecule has 0 aliphatic carbocycles. The van der Waals surface area contributed by atoms with Gasteiger partial charge in [0.2, 0.25) is 10.0 Å². The molecule has 1 aromatic carbocycles. The van der Waals surface area contributed by atoms with Crippen LogP contribution in [0.15, 0.2) is 18.2 Å². The van der Waals surface area contributed by atoms with E-state index in [0.717, 1.165) is 24.5 Å². The lowest BCUT2D eigenvalue weighted by Gasteiger charge is -2.43. The molecule has 3 rings (SSSR count). The van der Waals surface area contributed by atoms with E-state index in [1.807, 2.05) is 0 Å². The zero-order chi connectivity index (χ0) is 17.8. The van der Waals surface area contributed by atoms with Crippen LogP contribution < -0.4 is 4.74 Å². The first-order valence-electron chi connectivity index (χ1n) is 7.39. The topological polar surface area (TPSA) is 63.7 Å². The normalized spacial score (nSPS) is 21.4. The molecule has 0 aromatic heterocycles. The van der Waals surface area contributed by atoms with Gasteiger partial charge >= 0.3 is 6.18 Å². The SMILES string of the molecule is CS(=O)(=O)N1CCC2(CC1)CC(=O)c1ccc(C(F)(F)F)cc1O2. The van der Waals surface area contributed by atoms with Crippen LogP contribution in [0.3, 0.4) is 0 Å². The number of nitrogens with zero attached hydrogens (tertiary/aromatic N) is 1. The minimum absolute atomic E-state index is 0.0446. The van der Waals surface area contributed by atoms with Crippen LogP contribution >= 0.6 is 0 Å². The van der Waals surface area contributed by atoms with Crippen LogP contribution in [0.25, 0.3) is 0 Å². The van der Waals surface area contributed by atoms with E-state index in [2.05, 4.69) is 0 Å². The van der Waals surface area contributed by atoms with Crippen LogP contribution in [-0.2, 0) is 16.2 Å². The van der Waals surface area contributed by atoms with Gasteiger partial charge in [-0.1, -0.05) is 0 Å². The summed E-state index contributed by atoms with van der Waals surface area (Å²) in [5.41, 5.74) is -1.67. The van der Waals surface area contributed by atoms with Crippen molar-refractivity contribution >= 4 is 15.8 Å². The molecule has 0 N–H and O–H groups in total.